The molecule has 0 radical (unpaired) electrons. The number of fused-ring (bicyclic) bond motifs is 5. The maximum atomic E-state index is 12.8. The predicted molar refractivity (Wildman–Crippen MR) is 138 cm³/mol. The fourth-order valence-corrected chi connectivity index (χ4v) is 9.15. The summed E-state index contributed by atoms with van der Waals surface area (Å²) in [6.45, 7) is 16.2. The van der Waals surface area contributed by atoms with Crippen molar-refractivity contribution in [1.29, 1.82) is 0 Å². The first-order chi connectivity index (χ1) is 15.8. The zero-order valence-corrected chi connectivity index (χ0v) is 22.8. The molecular formula is C31H46O3. The molecule has 0 unspecified atom stereocenters. The normalized spacial score (nSPS) is 42.5. The summed E-state index contributed by atoms with van der Waals surface area (Å²) in [6.07, 6.45) is 16.7. The van der Waals surface area contributed by atoms with E-state index in [4.69, 9.17) is 4.74 Å². The van der Waals surface area contributed by atoms with Crippen LogP contribution in [0.25, 0.3) is 0 Å². The molecule has 0 heterocycles. The van der Waals surface area contributed by atoms with E-state index >= 15 is 0 Å². The second kappa shape index (κ2) is 8.49. The number of hydrogen-bond donors (Lipinski definition) is 0. The molecule has 34 heavy (non-hydrogen) atoms. The minimum absolute atomic E-state index is 0.171. The lowest BCUT2D eigenvalue weighted by Gasteiger charge is -2.63. The minimum Gasteiger partial charge on any atom is -0.466 e. The molecule has 0 bridgehead atoms. The lowest BCUT2D eigenvalue weighted by molar-refractivity contribution is -0.142. The molecule has 0 aliphatic heterocycles. The Bertz CT molecular complexity index is 952. The molecule has 3 saturated carbocycles. The summed E-state index contributed by atoms with van der Waals surface area (Å²) in [7, 11) is 1.43. The van der Waals surface area contributed by atoms with Gasteiger partial charge in [-0.05, 0) is 85.4 Å². The molecule has 4 rings (SSSR count). The Kier molecular flexibility index (Phi) is 6.35. The number of ether oxygens (including phenoxy) is 1. The molecule has 3 fully saturated rings. The van der Waals surface area contributed by atoms with Gasteiger partial charge in [-0.25, -0.2) is 4.79 Å². The number of Topliss-reactive ketones (excluding diaryl/α,β-unsaturated/α-hetero) is 1. The topological polar surface area (TPSA) is 43.4 Å². The molecule has 0 amide bonds. The smallest absolute Gasteiger partial charge is 0.333 e. The van der Waals surface area contributed by atoms with Crippen LogP contribution in [0.5, 0.6) is 0 Å². The summed E-state index contributed by atoms with van der Waals surface area (Å²) in [5, 5.41) is 0. The second-order valence-electron chi connectivity index (χ2n) is 13.2. The summed E-state index contributed by atoms with van der Waals surface area (Å²) in [6, 6.07) is 0. The van der Waals surface area contributed by atoms with E-state index in [1.807, 2.05) is 12.2 Å². The Balaban J connectivity index is 1.61. The molecule has 0 saturated heterocycles. The van der Waals surface area contributed by atoms with Gasteiger partial charge in [-0.3, -0.25) is 4.79 Å². The Morgan fingerprint density at radius 1 is 1.09 bits per heavy atom. The summed E-state index contributed by atoms with van der Waals surface area (Å²) >= 11 is 0. The van der Waals surface area contributed by atoms with Gasteiger partial charge in [-0.15, -0.1) is 0 Å². The first kappa shape index (κ1) is 25.5. The van der Waals surface area contributed by atoms with Crippen LogP contribution in [0, 0.1) is 45.3 Å². The SMILES string of the molecule is COC(=O)/C(C)=C/C=C/[C@@H](C)[C@H]1CC[C@@]2(C)[C@@H]3CC[C@H]4C(C)(C)C(=O)CC[C@]4(C)C3=CC[C@]12C. The molecule has 4 aliphatic rings. The molecule has 0 aromatic heterocycles. The van der Waals surface area contributed by atoms with E-state index in [1.54, 1.807) is 12.5 Å². The number of rotatable bonds is 4. The van der Waals surface area contributed by atoms with E-state index in [-0.39, 0.29) is 22.2 Å². The Labute approximate surface area is 207 Å². The van der Waals surface area contributed by atoms with Crippen molar-refractivity contribution in [3.63, 3.8) is 0 Å². The second-order valence-corrected chi connectivity index (χ2v) is 13.2. The van der Waals surface area contributed by atoms with Gasteiger partial charge < -0.3 is 4.74 Å². The van der Waals surface area contributed by atoms with Crippen LogP contribution >= 0.6 is 0 Å². The van der Waals surface area contributed by atoms with Crippen LogP contribution in [0.2, 0.25) is 0 Å². The molecule has 188 valence electrons. The third-order valence-corrected chi connectivity index (χ3v) is 11.5. The standard InChI is InChI=1S/C31H46O3/c1-20(10-9-11-21(2)27(33)34-8)22-14-18-31(7)24-12-13-25-28(3,4)26(32)16-17-29(25,5)23(24)15-19-30(22,31)6/h9-11,15,20,22,24-25H,12-14,16-19H2,1-8H3/b10-9+,21-11+/t20-,22-,24-,25+,29-,30-,31+/m1/s1. The zero-order chi connectivity index (χ0) is 25.1. The van der Waals surface area contributed by atoms with Crippen LogP contribution < -0.4 is 0 Å². The summed E-state index contributed by atoms with van der Waals surface area (Å²) in [5.41, 5.74) is 2.89. The number of esters is 1. The average Bonchev–Trinajstić information content (AvgIpc) is 3.07. The van der Waals surface area contributed by atoms with Crippen LogP contribution in [0.15, 0.2) is 35.5 Å². The van der Waals surface area contributed by atoms with Gasteiger partial charge in [0.2, 0.25) is 0 Å². The molecule has 3 heteroatoms. The van der Waals surface area contributed by atoms with Gasteiger partial charge >= 0.3 is 5.97 Å². The molecule has 3 nitrogen and oxygen atoms in total. The van der Waals surface area contributed by atoms with Crippen molar-refractivity contribution in [1.82, 2.24) is 0 Å². The summed E-state index contributed by atoms with van der Waals surface area (Å²) in [5.74, 6) is 2.41. The summed E-state index contributed by atoms with van der Waals surface area (Å²) in [4.78, 5) is 24.5. The van der Waals surface area contributed by atoms with Crippen molar-refractivity contribution in [3.05, 3.63) is 35.5 Å². The quantitative estimate of drug-likeness (QED) is 0.187. The fraction of sp³-hybridized carbons (Fsp3) is 0.742. The zero-order valence-electron chi connectivity index (χ0n) is 22.8. The van der Waals surface area contributed by atoms with Crippen LogP contribution in [0.1, 0.15) is 93.4 Å². The third-order valence-electron chi connectivity index (χ3n) is 11.5. The number of methoxy groups -OCH3 is 1. The van der Waals surface area contributed by atoms with Gasteiger partial charge in [0, 0.05) is 17.4 Å². The van der Waals surface area contributed by atoms with Gasteiger partial charge in [-0.2, -0.15) is 0 Å². The van der Waals surface area contributed by atoms with Gasteiger partial charge in [0.05, 0.1) is 7.11 Å². The highest BCUT2D eigenvalue weighted by Crippen LogP contribution is 2.72. The number of carbonyl (C=O) groups excluding carboxylic acids is 2. The van der Waals surface area contributed by atoms with Crippen LogP contribution in [0.3, 0.4) is 0 Å². The van der Waals surface area contributed by atoms with Crippen LogP contribution in [0.4, 0.5) is 0 Å². The number of hydrogen-bond acceptors (Lipinski definition) is 3. The Morgan fingerprint density at radius 2 is 1.79 bits per heavy atom. The number of carbonyl (C=O) groups is 2. The maximum absolute atomic E-state index is 12.8. The average molecular weight is 467 g/mol. The van der Waals surface area contributed by atoms with Crippen LogP contribution in [-0.2, 0) is 14.3 Å². The van der Waals surface area contributed by atoms with Crippen molar-refractivity contribution < 1.29 is 14.3 Å². The Hall–Kier alpha value is -1.64. The lowest BCUT2D eigenvalue weighted by Crippen LogP contribution is -2.56. The maximum Gasteiger partial charge on any atom is 0.333 e. The van der Waals surface area contributed by atoms with E-state index in [2.05, 4.69) is 53.7 Å². The van der Waals surface area contributed by atoms with Crippen molar-refractivity contribution in [2.75, 3.05) is 7.11 Å². The van der Waals surface area contributed by atoms with E-state index in [1.165, 1.54) is 32.8 Å². The molecule has 0 N–H and O–H groups in total. The highest BCUT2D eigenvalue weighted by molar-refractivity contribution is 5.88. The van der Waals surface area contributed by atoms with Crippen molar-refractivity contribution in [2.24, 2.45) is 45.3 Å². The monoisotopic (exact) mass is 466 g/mol. The molecule has 4 aliphatic carbocycles. The first-order valence-electron chi connectivity index (χ1n) is 13.5. The predicted octanol–water partition coefficient (Wildman–Crippen LogP) is 7.47. The van der Waals surface area contributed by atoms with Crippen LogP contribution in [-0.4, -0.2) is 18.9 Å². The molecule has 0 aromatic carbocycles. The van der Waals surface area contributed by atoms with Crippen molar-refractivity contribution in [2.45, 2.75) is 93.4 Å². The molecule has 0 aromatic rings. The van der Waals surface area contributed by atoms with Gasteiger partial charge in [0.15, 0.2) is 0 Å². The third kappa shape index (κ3) is 3.51. The lowest BCUT2D eigenvalue weighted by atomic mass is 9.41. The minimum atomic E-state index is -0.264. The fourth-order valence-electron chi connectivity index (χ4n) is 9.15. The van der Waals surface area contributed by atoms with E-state index in [0.717, 1.165) is 19.3 Å². The molecule has 0 spiro atoms. The van der Waals surface area contributed by atoms with E-state index < -0.39 is 0 Å². The van der Waals surface area contributed by atoms with Gasteiger partial charge in [-0.1, -0.05) is 71.4 Å². The van der Waals surface area contributed by atoms with E-state index in [0.29, 0.717) is 40.4 Å². The summed E-state index contributed by atoms with van der Waals surface area (Å²) < 4.78 is 4.82. The van der Waals surface area contributed by atoms with Gasteiger partial charge in [0.1, 0.15) is 5.78 Å². The largest absolute Gasteiger partial charge is 0.466 e. The van der Waals surface area contributed by atoms with Gasteiger partial charge in [0.25, 0.3) is 0 Å². The first-order valence-corrected chi connectivity index (χ1v) is 13.5. The molecular weight excluding hydrogens is 420 g/mol. The highest BCUT2D eigenvalue weighted by atomic mass is 16.5. The number of ketones is 1. The van der Waals surface area contributed by atoms with Crippen molar-refractivity contribution >= 4 is 11.8 Å². The highest BCUT2D eigenvalue weighted by Gasteiger charge is 2.65. The Morgan fingerprint density at radius 3 is 2.47 bits per heavy atom. The van der Waals surface area contributed by atoms with Crippen molar-refractivity contribution in [3.8, 4) is 0 Å². The molecule has 7 atom stereocenters. The number of allylic oxidation sites excluding steroid dienone is 5. The van der Waals surface area contributed by atoms with E-state index in [9.17, 15) is 9.59 Å².